The van der Waals surface area contributed by atoms with Gasteiger partial charge in [0.1, 0.15) is 12.2 Å². The van der Waals surface area contributed by atoms with Crippen LogP contribution in [0.1, 0.15) is 32.1 Å². The van der Waals surface area contributed by atoms with Crippen LogP contribution in [0.2, 0.25) is 0 Å². The summed E-state index contributed by atoms with van der Waals surface area (Å²) in [6, 6.07) is 0.374. The molecule has 0 N–H and O–H groups in total. The summed E-state index contributed by atoms with van der Waals surface area (Å²) in [5.41, 5.74) is 0. The molecule has 0 fully saturated rings. The number of aryl methyl sites for hydroxylation is 1. The number of rotatable bonds is 6. The lowest BCUT2D eigenvalue weighted by Crippen LogP contribution is -2.12. The summed E-state index contributed by atoms with van der Waals surface area (Å²) in [6.07, 6.45) is 3.56. The van der Waals surface area contributed by atoms with Crippen LogP contribution in [-0.4, -0.2) is 33.3 Å². The molecule has 0 aliphatic carbocycles. The quantitative estimate of drug-likeness (QED) is 0.748. The highest BCUT2D eigenvalue weighted by atomic mass is 79.9. The van der Waals surface area contributed by atoms with E-state index in [0.717, 1.165) is 25.3 Å². The second kappa shape index (κ2) is 6.23. The molecule has 1 atom stereocenters. The van der Waals surface area contributed by atoms with E-state index >= 15 is 0 Å². The van der Waals surface area contributed by atoms with Gasteiger partial charge in [-0.15, -0.1) is 0 Å². The first kappa shape index (κ1) is 12.6. The normalized spacial score (nSPS) is 13.4. The van der Waals surface area contributed by atoms with Crippen LogP contribution >= 0.6 is 15.9 Å². The molecule has 1 rings (SSSR count). The first-order valence-corrected chi connectivity index (χ1v) is 6.08. The van der Waals surface area contributed by atoms with Crippen molar-refractivity contribution in [1.29, 1.82) is 0 Å². The van der Waals surface area contributed by atoms with Crippen molar-refractivity contribution in [2.24, 2.45) is 0 Å². The summed E-state index contributed by atoms with van der Waals surface area (Å²) in [5.74, 6) is 1.05. The molecule has 0 aliphatic rings. The van der Waals surface area contributed by atoms with Gasteiger partial charge in [0, 0.05) is 24.4 Å². The standard InChI is InChI=1S/C10H18BrN3O/c1-8(2)14-10(12-7-13-14)5-4-9(11)6-15-3/h7-9H,4-6H2,1-3H3. The zero-order valence-electron chi connectivity index (χ0n) is 9.48. The Labute approximate surface area is 99.2 Å². The molecular weight excluding hydrogens is 258 g/mol. The van der Waals surface area contributed by atoms with E-state index in [1.807, 2.05) is 4.68 Å². The largest absolute Gasteiger partial charge is 0.384 e. The number of ether oxygens (including phenoxy) is 1. The van der Waals surface area contributed by atoms with Crippen molar-refractivity contribution in [3.05, 3.63) is 12.2 Å². The molecule has 0 radical (unpaired) electrons. The molecular formula is C10H18BrN3O. The summed E-state index contributed by atoms with van der Waals surface area (Å²) in [4.78, 5) is 4.65. The number of alkyl halides is 1. The molecule has 1 heterocycles. The van der Waals surface area contributed by atoms with E-state index in [1.54, 1.807) is 13.4 Å². The zero-order chi connectivity index (χ0) is 11.3. The maximum absolute atomic E-state index is 5.06. The van der Waals surface area contributed by atoms with Crippen LogP contribution in [0.5, 0.6) is 0 Å². The summed E-state index contributed by atoms with van der Waals surface area (Å²) in [5, 5.41) is 4.20. The molecule has 0 aromatic carbocycles. The Morgan fingerprint density at radius 1 is 1.53 bits per heavy atom. The summed E-state index contributed by atoms with van der Waals surface area (Å²) in [6.45, 7) is 4.95. The maximum Gasteiger partial charge on any atom is 0.138 e. The molecule has 0 aliphatic heterocycles. The van der Waals surface area contributed by atoms with Gasteiger partial charge in [-0.05, 0) is 20.3 Å². The predicted octanol–water partition coefficient (Wildman–Crippen LogP) is 2.20. The fraction of sp³-hybridized carbons (Fsp3) is 0.800. The van der Waals surface area contributed by atoms with Gasteiger partial charge in [0.25, 0.3) is 0 Å². The lowest BCUT2D eigenvalue weighted by Gasteiger charge is -2.11. The lowest BCUT2D eigenvalue weighted by atomic mass is 10.2. The molecule has 5 heteroatoms. The van der Waals surface area contributed by atoms with E-state index in [1.165, 1.54) is 0 Å². The lowest BCUT2D eigenvalue weighted by molar-refractivity contribution is 0.198. The van der Waals surface area contributed by atoms with E-state index < -0.39 is 0 Å². The Morgan fingerprint density at radius 3 is 2.87 bits per heavy atom. The summed E-state index contributed by atoms with van der Waals surface area (Å²) in [7, 11) is 1.71. The van der Waals surface area contributed by atoms with E-state index in [4.69, 9.17) is 4.74 Å². The number of hydrogen-bond acceptors (Lipinski definition) is 3. The minimum atomic E-state index is 0.374. The van der Waals surface area contributed by atoms with Gasteiger partial charge in [-0.1, -0.05) is 15.9 Å². The molecule has 0 saturated heterocycles. The number of nitrogens with zero attached hydrogens (tertiary/aromatic N) is 3. The Balaban J connectivity index is 2.46. The number of hydrogen-bond donors (Lipinski definition) is 0. The van der Waals surface area contributed by atoms with Gasteiger partial charge in [0.2, 0.25) is 0 Å². The molecule has 1 aromatic rings. The summed E-state index contributed by atoms with van der Waals surface area (Å²) < 4.78 is 7.03. The number of aromatic nitrogens is 3. The van der Waals surface area contributed by atoms with Crippen LogP contribution in [-0.2, 0) is 11.2 Å². The minimum absolute atomic E-state index is 0.374. The average Bonchev–Trinajstić information content (AvgIpc) is 2.63. The smallest absolute Gasteiger partial charge is 0.138 e. The fourth-order valence-electron chi connectivity index (χ4n) is 1.43. The van der Waals surface area contributed by atoms with Gasteiger partial charge in [0.05, 0.1) is 6.61 Å². The fourth-order valence-corrected chi connectivity index (χ4v) is 1.93. The van der Waals surface area contributed by atoms with Crippen molar-refractivity contribution in [2.45, 2.75) is 37.6 Å². The van der Waals surface area contributed by atoms with Crippen molar-refractivity contribution in [3.63, 3.8) is 0 Å². The molecule has 1 unspecified atom stereocenters. The first-order valence-electron chi connectivity index (χ1n) is 5.16. The van der Waals surface area contributed by atoms with Crippen LogP contribution in [0.3, 0.4) is 0 Å². The first-order chi connectivity index (χ1) is 7.15. The van der Waals surface area contributed by atoms with Gasteiger partial charge in [-0.25, -0.2) is 9.67 Å². The maximum atomic E-state index is 5.06. The predicted molar refractivity (Wildman–Crippen MR) is 63.3 cm³/mol. The second-order valence-corrected chi connectivity index (χ2v) is 5.10. The molecule has 0 bridgehead atoms. The molecule has 0 amide bonds. The highest BCUT2D eigenvalue weighted by Crippen LogP contribution is 2.12. The van der Waals surface area contributed by atoms with Crippen molar-refractivity contribution >= 4 is 15.9 Å². The third kappa shape index (κ3) is 3.91. The molecule has 4 nitrogen and oxygen atoms in total. The van der Waals surface area contributed by atoms with E-state index in [9.17, 15) is 0 Å². The van der Waals surface area contributed by atoms with Gasteiger partial charge < -0.3 is 4.74 Å². The van der Waals surface area contributed by atoms with Crippen LogP contribution < -0.4 is 0 Å². The zero-order valence-corrected chi connectivity index (χ0v) is 11.1. The third-order valence-corrected chi connectivity index (χ3v) is 2.89. The Morgan fingerprint density at radius 2 is 2.27 bits per heavy atom. The van der Waals surface area contributed by atoms with Gasteiger partial charge >= 0.3 is 0 Å². The average molecular weight is 276 g/mol. The third-order valence-electron chi connectivity index (χ3n) is 2.17. The van der Waals surface area contributed by atoms with Gasteiger partial charge in [-0.3, -0.25) is 0 Å². The Bertz CT molecular complexity index is 288. The van der Waals surface area contributed by atoms with Crippen LogP contribution in [0.4, 0.5) is 0 Å². The highest BCUT2D eigenvalue weighted by molar-refractivity contribution is 9.09. The van der Waals surface area contributed by atoms with Crippen molar-refractivity contribution in [2.75, 3.05) is 13.7 Å². The molecule has 15 heavy (non-hydrogen) atoms. The topological polar surface area (TPSA) is 39.9 Å². The highest BCUT2D eigenvalue weighted by Gasteiger charge is 2.10. The van der Waals surface area contributed by atoms with Crippen molar-refractivity contribution in [3.8, 4) is 0 Å². The van der Waals surface area contributed by atoms with Crippen LogP contribution in [0, 0.1) is 0 Å². The molecule has 1 aromatic heterocycles. The van der Waals surface area contributed by atoms with Gasteiger partial charge in [0.15, 0.2) is 0 Å². The monoisotopic (exact) mass is 275 g/mol. The van der Waals surface area contributed by atoms with Crippen LogP contribution in [0.25, 0.3) is 0 Å². The molecule has 0 saturated carbocycles. The van der Waals surface area contributed by atoms with E-state index in [2.05, 4.69) is 39.9 Å². The second-order valence-electron chi connectivity index (χ2n) is 3.81. The molecule has 86 valence electrons. The van der Waals surface area contributed by atoms with E-state index in [0.29, 0.717) is 10.9 Å². The Hall–Kier alpha value is -0.420. The van der Waals surface area contributed by atoms with Crippen molar-refractivity contribution < 1.29 is 4.74 Å². The van der Waals surface area contributed by atoms with Crippen LogP contribution in [0.15, 0.2) is 6.33 Å². The number of halogens is 1. The molecule has 0 spiro atoms. The minimum Gasteiger partial charge on any atom is -0.384 e. The number of methoxy groups -OCH3 is 1. The van der Waals surface area contributed by atoms with Crippen molar-refractivity contribution in [1.82, 2.24) is 14.8 Å². The van der Waals surface area contributed by atoms with Gasteiger partial charge in [-0.2, -0.15) is 5.10 Å². The summed E-state index contributed by atoms with van der Waals surface area (Å²) >= 11 is 3.56. The SMILES string of the molecule is COCC(Br)CCc1ncnn1C(C)C. The van der Waals surface area contributed by atoms with E-state index in [-0.39, 0.29) is 0 Å². The Kier molecular flexibility index (Phi) is 5.25.